The highest BCUT2D eigenvalue weighted by atomic mass is 35.5. The van der Waals surface area contributed by atoms with Crippen LogP contribution in [0.25, 0.3) is 17.0 Å². The number of unbranched alkanes of at least 4 members (excludes halogenated alkanes) is 11. The number of fused-ring (bicyclic) bond motifs is 1. The van der Waals surface area contributed by atoms with Crippen LogP contribution >= 0.6 is 11.6 Å². The van der Waals surface area contributed by atoms with Gasteiger partial charge in [-0.05, 0) is 12.0 Å². The second-order valence-corrected chi connectivity index (χ2v) is 11.2. The van der Waals surface area contributed by atoms with E-state index in [9.17, 15) is 0 Å². The molecule has 1 aromatic carbocycles. The topological polar surface area (TPSA) is 55.2 Å². The van der Waals surface area contributed by atoms with Gasteiger partial charge in [-0.2, -0.15) is 5.10 Å². The average Bonchev–Trinajstić information content (AvgIpc) is 3.39. The van der Waals surface area contributed by atoms with Crippen LogP contribution in [0.5, 0.6) is 0 Å². The Morgan fingerprint density at radius 3 is 1.94 bits per heavy atom. The van der Waals surface area contributed by atoms with E-state index in [0.29, 0.717) is 11.6 Å². The minimum Gasteiger partial charge on any atom is -0.377 e. The van der Waals surface area contributed by atoms with Crippen molar-refractivity contribution >= 4 is 17.2 Å². The number of ether oxygens (including phenoxy) is 1. The molecule has 3 aromatic rings. The number of benzene rings is 1. The average molecular weight is 501 g/mol. The highest BCUT2D eigenvalue weighted by molar-refractivity contribution is 6.34. The Morgan fingerprint density at radius 1 is 0.829 bits per heavy atom. The first-order chi connectivity index (χ1) is 16.9. The molecule has 0 fully saturated rings. The van der Waals surface area contributed by atoms with Gasteiger partial charge in [-0.25, -0.2) is 0 Å². The Bertz CT molecular complexity index is 1000. The molecule has 2 aromatic heterocycles. The highest BCUT2D eigenvalue weighted by Gasteiger charge is 2.25. The maximum Gasteiger partial charge on any atom is 0.175 e. The highest BCUT2D eigenvalue weighted by Crippen LogP contribution is 2.31. The number of aromatic amines is 1. The fraction of sp³-hybridized carbons (Fsp3) is 0.655. The lowest BCUT2D eigenvalue weighted by Gasteiger charge is -2.14. The lowest BCUT2D eigenvalue weighted by molar-refractivity contribution is 0.116. The van der Waals surface area contributed by atoms with Gasteiger partial charge in [0.1, 0.15) is 5.02 Å². The Kier molecular flexibility index (Phi) is 11.1. The van der Waals surface area contributed by atoms with Crippen LogP contribution < -0.4 is 0 Å². The van der Waals surface area contributed by atoms with Crippen LogP contribution in [0, 0.1) is 0 Å². The summed E-state index contributed by atoms with van der Waals surface area (Å²) in [6.07, 6.45) is 16.4. The molecule has 0 saturated carbocycles. The minimum atomic E-state index is -0.124. The molecule has 3 rings (SSSR count). The van der Waals surface area contributed by atoms with E-state index in [1.54, 1.807) is 4.63 Å². The van der Waals surface area contributed by atoms with E-state index in [0.717, 1.165) is 35.8 Å². The first-order valence-corrected chi connectivity index (χ1v) is 14.1. The Hall–Kier alpha value is -1.85. The number of halogens is 1. The quantitative estimate of drug-likeness (QED) is 0.200. The molecule has 35 heavy (non-hydrogen) atoms. The SMILES string of the molecule is CCCCCCCCCCCCCCOCc1ccc(-c2nn3nc(C(C)(C)C)c(Cl)c3[nH]2)cc1. The van der Waals surface area contributed by atoms with Crippen LogP contribution in [0.2, 0.25) is 5.02 Å². The summed E-state index contributed by atoms with van der Waals surface area (Å²) in [7, 11) is 0. The van der Waals surface area contributed by atoms with Crippen molar-refractivity contribution in [2.45, 2.75) is 117 Å². The number of nitrogens with zero attached hydrogens (tertiary/aromatic N) is 3. The van der Waals surface area contributed by atoms with E-state index in [1.165, 1.54) is 76.2 Å². The lowest BCUT2D eigenvalue weighted by atomic mass is 9.92. The van der Waals surface area contributed by atoms with Crippen molar-refractivity contribution in [3.05, 3.63) is 40.5 Å². The van der Waals surface area contributed by atoms with Gasteiger partial charge in [-0.1, -0.05) is 134 Å². The lowest BCUT2D eigenvalue weighted by Crippen LogP contribution is -2.12. The van der Waals surface area contributed by atoms with E-state index in [1.807, 2.05) is 0 Å². The summed E-state index contributed by atoms with van der Waals surface area (Å²) < 4.78 is 7.50. The largest absolute Gasteiger partial charge is 0.377 e. The summed E-state index contributed by atoms with van der Waals surface area (Å²) >= 11 is 6.55. The third-order valence-corrected chi connectivity index (χ3v) is 6.95. The predicted molar refractivity (Wildman–Crippen MR) is 147 cm³/mol. The van der Waals surface area contributed by atoms with Gasteiger partial charge in [-0.3, -0.25) is 0 Å². The summed E-state index contributed by atoms with van der Waals surface area (Å²) in [6.45, 7) is 10.1. The van der Waals surface area contributed by atoms with E-state index in [2.05, 4.69) is 67.1 Å². The molecule has 0 unspecified atom stereocenters. The summed E-state index contributed by atoms with van der Waals surface area (Å²) in [5.41, 5.74) is 3.65. The second kappa shape index (κ2) is 14.0. The fourth-order valence-electron chi connectivity index (χ4n) is 4.40. The molecule has 5 nitrogen and oxygen atoms in total. The zero-order chi connectivity index (χ0) is 25.1. The van der Waals surface area contributed by atoms with Crippen molar-refractivity contribution in [1.82, 2.24) is 19.8 Å². The maximum absolute atomic E-state index is 6.55. The summed E-state index contributed by atoms with van der Waals surface area (Å²) in [6, 6.07) is 8.34. The molecule has 2 heterocycles. The molecule has 0 saturated heterocycles. The van der Waals surface area contributed by atoms with Crippen LogP contribution in [-0.2, 0) is 16.8 Å². The van der Waals surface area contributed by atoms with Crippen LogP contribution in [0.15, 0.2) is 24.3 Å². The van der Waals surface area contributed by atoms with Crippen molar-refractivity contribution in [2.24, 2.45) is 0 Å². The number of H-pyrrole nitrogens is 1. The molecule has 0 aliphatic rings. The molecule has 1 N–H and O–H groups in total. The van der Waals surface area contributed by atoms with Gasteiger partial charge in [0.2, 0.25) is 0 Å². The summed E-state index contributed by atoms with van der Waals surface area (Å²) in [5, 5.41) is 9.79. The molecule has 0 amide bonds. The second-order valence-electron chi connectivity index (χ2n) is 10.9. The van der Waals surface area contributed by atoms with E-state index in [-0.39, 0.29) is 5.41 Å². The number of hydrogen-bond acceptors (Lipinski definition) is 3. The third kappa shape index (κ3) is 8.64. The molecule has 194 valence electrons. The zero-order valence-corrected chi connectivity index (χ0v) is 23.1. The third-order valence-electron chi connectivity index (χ3n) is 6.59. The van der Waals surface area contributed by atoms with Crippen molar-refractivity contribution in [3.8, 4) is 11.4 Å². The zero-order valence-electron chi connectivity index (χ0n) is 22.3. The van der Waals surface area contributed by atoms with Crippen LogP contribution in [-0.4, -0.2) is 26.4 Å². The number of hydrogen-bond donors (Lipinski definition) is 1. The maximum atomic E-state index is 6.55. The molecular weight excluding hydrogens is 456 g/mol. The van der Waals surface area contributed by atoms with Gasteiger partial charge < -0.3 is 9.72 Å². The van der Waals surface area contributed by atoms with Crippen LogP contribution in [0.1, 0.15) is 116 Å². The molecule has 0 atom stereocenters. The molecule has 0 spiro atoms. The fourth-order valence-corrected chi connectivity index (χ4v) is 4.84. The molecule has 0 aliphatic carbocycles. The van der Waals surface area contributed by atoms with Crippen LogP contribution in [0.3, 0.4) is 0 Å². The predicted octanol–water partition coefficient (Wildman–Crippen LogP) is 8.89. The monoisotopic (exact) mass is 500 g/mol. The van der Waals surface area contributed by atoms with Crippen LogP contribution in [0.4, 0.5) is 0 Å². The van der Waals surface area contributed by atoms with Gasteiger partial charge >= 0.3 is 0 Å². The van der Waals surface area contributed by atoms with Crippen molar-refractivity contribution in [1.29, 1.82) is 0 Å². The van der Waals surface area contributed by atoms with Gasteiger partial charge in [0.05, 0.1) is 12.3 Å². The summed E-state index contributed by atoms with van der Waals surface area (Å²) in [4.78, 5) is 3.32. The van der Waals surface area contributed by atoms with Crippen molar-refractivity contribution in [3.63, 3.8) is 0 Å². The van der Waals surface area contributed by atoms with Gasteiger partial charge in [0.25, 0.3) is 0 Å². The Labute approximate surface area is 217 Å². The molecule has 0 aliphatic heterocycles. The smallest absolute Gasteiger partial charge is 0.175 e. The number of aromatic nitrogens is 4. The number of rotatable bonds is 16. The number of nitrogens with one attached hydrogen (secondary N) is 1. The van der Waals surface area contributed by atoms with Gasteiger partial charge in [0.15, 0.2) is 11.5 Å². The van der Waals surface area contributed by atoms with E-state index >= 15 is 0 Å². The standard InChI is InChI=1S/C29H45ClN4O/c1-5-6-7-8-9-10-11-12-13-14-15-16-21-35-22-23-17-19-24(20-18-23)27-31-28-25(30)26(29(2,3)4)32-34(28)33-27/h17-20H,5-16,21-22H2,1-4H3,(H,31,33). The normalized spacial score (nSPS) is 12.1. The molecule has 0 bridgehead atoms. The van der Waals surface area contributed by atoms with Crippen molar-refractivity contribution in [2.75, 3.05) is 6.61 Å². The molecular formula is C29H45ClN4O. The first-order valence-electron chi connectivity index (χ1n) is 13.7. The first kappa shape index (κ1) is 27.7. The van der Waals surface area contributed by atoms with Gasteiger partial charge in [0, 0.05) is 17.6 Å². The van der Waals surface area contributed by atoms with E-state index in [4.69, 9.17) is 16.3 Å². The molecule has 0 radical (unpaired) electrons. The Morgan fingerprint density at radius 2 is 1.40 bits per heavy atom. The minimum absolute atomic E-state index is 0.124. The summed E-state index contributed by atoms with van der Waals surface area (Å²) in [5.74, 6) is 0.763. The molecule has 6 heteroatoms. The van der Waals surface area contributed by atoms with E-state index < -0.39 is 0 Å². The van der Waals surface area contributed by atoms with Crippen molar-refractivity contribution < 1.29 is 4.74 Å². The Balaban J connectivity index is 1.29. The van der Waals surface area contributed by atoms with Gasteiger partial charge in [-0.15, -0.1) is 9.73 Å².